The maximum Gasteiger partial charge on any atom is 0.0682 e. The minimum Gasteiger partial charge on any atom is -0.117 e. The van der Waals surface area contributed by atoms with E-state index in [4.69, 9.17) is 11.6 Å². The summed E-state index contributed by atoms with van der Waals surface area (Å²) in [6, 6.07) is 17.8. The van der Waals surface area contributed by atoms with Crippen LogP contribution in [-0.4, -0.2) is 0 Å². The Balaban J connectivity index is 1.67. The van der Waals surface area contributed by atoms with Crippen LogP contribution in [0.2, 0.25) is 0 Å². The van der Waals surface area contributed by atoms with Gasteiger partial charge >= 0.3 is 0 Å². The van der Waals surface area contributed by atoms with Crippen LogP contribution in [0, 0.1) is 0 Å². The van der Waals surface area contributed by atoms with E-state index in [0.717, 1.165) is 0 Å². The van der Waals surface area contributed by atoms with Gasteiger partial charge in [0.05, 0.1) is 5.38 Å². The second-order valence-electron chi connectivity index (χ2n) is 6.62. The van der Waals surface area contributed by atoms with Gasteiger partial charge in [0.2, 0.25) is 0 Å². The molecule has 1 atom stereocenters. The lowest BCUT2D eigenvalue weighted by molar-refractivity contribution is 0.653. The Bertz CT molecular complexity index is 640. The fourth-order valence-electron chi connectivity index (χ4n) is 3.82. The van der Waals surface area contributed by atoms with E-state index in [1.54, 1.807) is 5.56 Å². The second kappa shape index (κ2) is 5.18. The number of hydrogen-bond acceptors (Lipinski definition) is 0. The van der Waals surface area contributed by atoms with Crippen molar-refractivity contribution in [2.75, 3.05) is 0 Å². The lowest BCUT2D eigenvalue weighted by Gasteiger charge is -2.24. The summed E-state index contributed by atoms with van der Waals surface area (Å²) in [6.45, 7) is 0. The third kappa shape index (κ3) is 2.30. The van der Waals surface area contributed by atoms with E-state index >= 15 is 0 Å². The molecule has 4 rings (SSSR count). The Morgan fingerprint density at radius 2 is 1.57 bits per heavy atom. The number of fused-ring (bicyclic) bond motifs is 1. The number of halogens is 1. The van der Waals surface area contributed by atoms with Crippen molar-refractivity contribution >= 4 is 11.6 Å². The Morgan fingerprint density at radius 3 is 2.29 bits per heavy atom. The van der Waals surface area contributed by atoms with Crippen LogP contribution in [0.4, 0.5) is 0 Å². The van der Waals surface area contributed by atoms with E-state index in [-0.39, 0.29) is 10.8 Å². The van der Waals surface area contributed by atoms with Gasteiger partial charge < -0.3 is 0 Å². The van der Waals surface area contributed by atoms with E-state index in [9.17, 15) is 0 Å². The van der Waals surface area contributed by atoms with Crippen molar-refractivity contribution < 1.29 is 0 Å². The largest absolute Gasteiger partial charge is 0.117 e. The van der Waals surface area contributed by atoms with Crippen LogP contribution in [0.3, 0.4) is 0 Å². The van der Waals surface area contributed by atoms with E-state index in [1.807, 2.05) is 0 Å². The summed E-state index contributed by atoms with van der Waals surface area (Å²) in [5.74, 6) is 0. The van der Waals surface area contributed by atoms with Crippen LogP contribution in [0.1, 0.15) is 53.3 Å². The van der Waals surface area contributed by atoms with E-state index in [2.05, 4.69) is 48.5 Å². The minimum atomic E-state index is 0.104. The van der Waals surface area contributed by atoms with E-state index in [1.165, 1.54) is 55.2 Å². The molecule has 0 heterocycles. The first-order chi connectivity index (χ1) is 10.3. The van der Waals surface area contributed by atoms with Gasteiger partial charge in [-0.2, -0.15) is 0 Å². The summed E-state index contributed by atoms with van der Waals surface area (Å²) in [4.78, 5) is 0. The summed E-state index contributed by atoms with van der Waals surface area (Å²) in [6.07, 6.45) is 7.56. The topological polar surface area (TPSA) is 0 Å². The molecule has 1 fully saturated rings. The van der Waals surface area contributed by atoms with Crippen LogP contribution >= 0.6 is 11.6 Å². The zero-order valence-electron chi connectivity index (χ0n) is 12.3. The molecule has 2 aliphatic rings. The molecule has 2 aromatic rings. The maximum absolute atomic E-state index is 6.94. The van der Waals surface area contributed by atoms with Gasteiger partial charge in [0.1, 0.15) is 0 Å². The zero-order chi connectivity index (χ0) is 14.3. The number of aryl methyl sites for hydroxylation is 2. The van der Waals surface area contributed by atoms with Gasteiger partial charge in [0.15, 0.2) is 0 Å². The van der Waals surface area contributed by atoms with Gasteiger partial charge in [0, 0.05) is 5.41 Å². The third-order valence-corrected chi connectivity index (χ3v) is 5.96. The summed E-state index contributed by atoms with van der Waals surface area (Å²) in [5, 5.41) is 0.104. The molecule has 1 saturated carbocycles. The molecule has 2 aliphatic carbocycles. The lowest BCUT2D eigenvalue weighted by atomic mass is 9.85. The highest BCUT2D eigenvalue weighted by Crippen LogP contribution is 2.59. The maximum atomic E-state index is 6.94. The number of alkyl halides is 1. The molecule has 1 heteroatoms. The highest BCUT2D eigenvalue weighted by molar-refractivity contribution is 6.22. The highest BCUT2D eigenvalue weighted by atomic mass is 35.5. The van der Waals surface area contributed by atoms with Crippen LogP contribution in [0.15, 0.2) is 48.5 Å². The summed E-state index contributed by atoms with van der Waals surface area (Å²) in [7, 11) is 0. The fourth-order valence-corrected chi connectivity index (χ4v) is 4.30. The molecule has 0 nitrogen and oxygen atoms in total. The van der Waals surface area contributed by atoms with Gasteiger partial charge in [0.25, 0.3) is 0 Å². The van der Waals surface area contributed by atoms with Crippen LogP contribution < -0.4 is 0 Å². The summed E-state index contributed by atoms with van der Waals surface area (Å²) >= 11 is 6.94. The van der Waals surface area contributed by atoms with Crippen molar-refractivity contribution in [2.45, 2.75) is 49.3 Å². The molecular weight excluding hydrogens is 276 g/mol. The molecule has 0 aromatic heterocycles. The Labute approximate surface area is 132 Å². The molecule has 1 unspecified atom stereocenters. The molecule has 21 heavy (non-hydrogen) atoms. The first-order valence-electron chi connectivity index (χ1n) is 8.11. The van der Waals surface area contributed by atoms with E-state index < -0.39 is 0 Å². The first kappa shape index (κ1) is 13.4. The van der Waals surface area contributed by atoms with Crippen molar-refractivity contribution in [1.82, 2.24) is 0 Å². The zero-order valence-corrected chi connectivity index (χ0v) is 13.1. The lowest BCUT2D eigenvalue weighted by Crippen LogP contribution is -2.15. The smallest absolute Gasteiger partial charge is 0.0682 e. The van der Waals surface area contributed by atoms with Gasteiger partial charge in [-0.3, -0.25) is 0 Å². The molecule has 108 valence electrons. The normalized spacial score (nSPS) is 20.6. The molecule has 0 spiro atoms. The van der Waals surface area contributed by atoms with Crippen LogP contribution in [0.25, 0.3) is 0 Å². The second-order valence-corrected chi connectivity index (χ2v) is 7.06. The van der Waals surface area contributed by atoms with Crippen molar-refractivity contribution in [2.24, 2.45) is 0 Å². The number of hydrogen-bond donors (Lipinski definition) is 0. The standard InChI is InChI=1S/C20H21Cl/c21-19(20(12-13-20)18-8-2-1-3-9-18)17-11-10-15-6-4-5-7-16(15)14-17/h1-3,8-11,14,19H,4-7,12-13H2. The summed E-state index contributed by atoms with van der Waals surface area (Å²) in [5.41, 5.74) is 5.97. The predicted octanol–water partition coefficient (Wildman–Crippen LogP) is 5.58. The summed E-state index contributed by atoms with van der Waals surface area (Å²) < 4.78 is 0. The minimum absolute atomic E-state index is 0.104. The average Bonchev–Trinajstić information content (AvgIpc) is 3.36. The van der Waals surface area contributed by atoms with Gasteiger partial charge in [-0.1, -0.05) is 48.5 Å². The molecule has 0 bridgehead atoms. The van der Waals surface area contributed by atoms with Gasteiger partial charge in [-0.25, -0.2) is 0 Å². The highest BCUT2D eigenvalue weighted by Gasteiger charge is 2.50. The van der Waals surface area contributed by atoms with Crippen molar-refractivity contribution in [3.05, 3.63) is 70.8 Å². The number of benzene rings is 2. The Morgan fingerprint density at radius 1 is 0.857 bits per heavy atom. The average molecular weight is 297 g/mol. The van der Waals surface area contributed by atoms with Crippen molar-refractivity contribution in [1.29, 1.82) is 0 Å². The molecule has 0 aliphatic heterocycles. The molecule has 2 aromatic carbocycles. The Kier molecular flexibility index (Phi) is 3.30. The van der Waals surface area contributed by atoms with Crippen LogP contribution in [0.5, 0.6) is 0 Å². The molecule has 0 N–H and O–H groups in total. The van der Waals surface area contributed by atoms with Crippen LogP contribution in [-0.2, 0) is 18.3 Å². The van der Waals surface area contributed by atoms with Gasteiger partial charge in [-0.05, 0) is 60.8 Å². The fraction of sp³-hybridized carbons (Fsp3) is 0.400. The quantitative estimate of drug-likeness (QED) is 0.649. The predicted molar refractivity (Wildman–Crippen MR) is 89.0 cm³/mol. The molecule has 0 saturated heterocycles. The molecule has 0 radical (unpaired) electrons. The molecular formula is C20H21Cl. The SMILES string of the molecule is ClC(c1ccc2c(c1)CCCC2)C1(c2ccccc2)CC1. The molecule has 0 amide bonds. The van der Waals surface area contributed by atoms with E-state index in [0.29, 0.717) is 0 Å². The first-order valence-corrected chi connectivity index (χ1v) is 8.54. The number of rotatable bonds is 3. The Hall–Kier alpha value is -1.27. The monoisotopic (exact) mass is 296 g/mol. The van der Waals surface area contributed by atoms with Gasteiger partial charge in [-0.15, -0.1) is 11.6 Å². The third-order valence-electron chi connectivity index (χ3n) is 5.29. The van der Waals surface area contributed by atoms with Crippen molar-refractivity contribution in [3.8, 4) is 0 Å². The van der Waals surface area contributed by atoms with Crippen molar-refractivity contribution in [3.63, 3.8) is 0 Å².